The molecular weight excluding hydrogens is 302 g/mol. The molecule has 8 nitrogen and oxygen atoms in total. The molecule has 0 heterocycles. The zero-order chi connectivity index (χ0) is 16.2. The minimum atomic E-state index is -1.24. The first-order valence-electron chi connectivity index (χ1n) is 5.79. The predicted molar refractivity (Wildman–Crippen MR) is 76.4 cm³/mol. The molecule has 0 radical (unpaired) electrons. The molecule has 0 aliphatic carbocycles. The summed E-state index contributed by atoms with van der Waals surface area (Å²) in [6, 6.07) is 3.11. The average molecular weight is 316 g/mol. The highest BCUT2D eigenvalue weighted by Gasteiger charge is 2.30. The smallest absolute Gasteiger partial charge is 0.331 e. The first kappa shape index (κ1) is 16.7. The molecule has 21 heavy (non-hydrogen) atoms. The number of nitro benzene ring substituents is 1. The number of esters is 1. The maximum Gasteiger partial charge on any atom is 0.331 e. The van der Waals surface area contributed by atoms with E-state index in [1.165, 1.54) is 33.1 Å². The number of amides is 2. The number of benzene rings is 1. The van der Waals surface area contributed by atoms with Crippen molar-refractivity contribution in [3.63, 3.8) is 0 Å². The van der Waals surface area contributed by atoms with Crippen molar-refractivity contribution in [2.75, 3.05) is 12.4 Å². The molecule has 114 valence electrons. The van der Waals surface area contributed by atoms with E-state index in [1.54, 1.807) is 0 Å². The number of ether oxygens (including phenoxy) is 1. The summed E-state index contributed by atoms with van der Waals surface area (Å²) in [5.41, 5.74) is -1.40. The van der Waals surface area contributed by atoms with Crippen molar-refractivity contribution in [2.24, 2.45) is 0 Å². The molecule has 0 unspecified atom stereocenters. The summed E-state index contributed by atoms with van der Waals surface area (Å²) in [7, 11) is 1.20. The van der Waals surface area contributed by atoms with E-state index in [9.17, 15) is 19.7 Å². The summed E-state index contributed by atoms with van der Waals surface area (Å²) in [6.07, 6.45) is 0. The van der Waals surface area contributed by atoms with Crippen LogP contribution in [0.15, 0.2) is 18.2 Å². The lowest BCUT2D eigenvalue weighted by Gasteiger charge is -2.23. The average Bonchev–Trinajstić information content (AvgIpc) is 2.38. The Morgan fingerprint density at radius 2 is 2.00 bits per heavy atom. The van der Waals surface area contributed by atoms with Crippen LogP contribution in [0, 0.1) is 10.1 Å². The Labute approximate surface area is 125 Å². The van der Waals surface area contributed by atoms with Crippen LogP contribution in [-0.4, -0.2) is 29.6 Å². The second-order valence-electron chi connectivity index (χ2n) is 4.62. The number of carbonyl (C=O) groups excluding carboxylic acids is 2. The number of methoxy groups -OCH3 is 1. The highest BCUT2D eigenvalue weighted by molar-refractivity contribution is 6.32. The number of urea groups is 1. The van der Waals surface area contributed by atoms with Gasteiger partial charge in [-0.25, -0.2) is 9.59 Å². The van der Waals surface area contributed by atoms with E-state index in [2.05, 4.69) is 15.4 Å². The molecular formula is C12H14ClN3O5. The topological polar surface area (TPSA) is 111 Å². The van der Waals surface area contributed by atoms with E-state index >= 15 is 0 Å². The molecule has 0 aromatic heterocycles. The third-order valence-electron chi connectivity index (χ3n) is 2.52. The van der Waals surface area contributed by atoms with Crippen molar-refractivity contribution < 1.29 is 19.2 Å². The Hall–Kier alpha value is -2.35. The first-order chi connectivity index (χ1) is 9.67. The molecule has 0 spiro atoms. The van der Waals surface area contributed by atoms with Gasteiger partial charge in [-0.05, 0) is 26.0 Å². The van der Waals surface area contributed by atoms with Gasteiger partial charge in [-0.15, -0.1) is 0 Å². The number of halogens is 1. The molecule has 1 rings (SSSR count). The van der Waals surface area contributed by atoms with Gasteiger partial charge < -0.3 is 15.4 Å². The van der Waals surface area contributed by atoms with Crippen LogP contribution in [0.5, 0.6) is 0 Å². The number of nitro groups is 1. The van der Waals surface area contributed by atoms with Crippen molar-refractivity contribution in [1.29, 1.82) is 0 Å². The standard InChI is InChI=1S/C12H14ClN3O5/c1-12(2,10(17)21-3)15-11(18)14-7-4-5-8(13)9(6-7)16(19)20/h4-6H,1-3H3,(H2,14,15,18). The minimum Gasteiger partial charge on any atom is -0.467 e. The van der Waals surface area contributed by atoms with Gasteiger partial charge >= 0.3 is 12.0 Å². The Bertz CT molecular complexity index is 588. The van der Waals surface area contributed by atoms with Crippen molar-refractivity contribution in [1.82, 2.24) is 5.32 Å². The van der Waals surface area contributed by atoms with Gasteiger partial charge in [0.2, 0.25) is 0 Å². The largest absolute Gasteiger partial charge is 0.467 e. The molecule has 0 bridgehead atoms. The van der Waals surface area contributed by atoms with Gasteiger partial charge in [0.25, 0.3) is 5.69 Å². The van der Waals surface area contributed by atoms with Crippen molar-refractivity contribution in [3.05, 3.63) is 33.3 Å². The summed E-state index contributed by atoms with van der Waals surface area (Å²) < 4.78 is 4.54. The molecule has 0 fully saturated rings. The summed E-state index contributed by atoms with van der Waals surface area (Å²) >= 11 is 5.66. The highest BCUT2D eigenvalue weighted by Crippen LogP contribution is 2.27. The monoisotopic (exact) mass is 315 g/mol. The number of nitrogens with zero attached hydrogens (tertiary/aromatic N) is 1. The molecule has 9 heteroatoms. The van der Waals surface area contributed by atoms with Crippen LogP contribution in [0.1, 0.15) is 13.8 Å². The summed E-state index contributed by atoms with van der Waals surface area (Å²) in [4.78, 5) is 33.3. The van der Waals surface area contributed by atoms with Crippen LogP contribution in [-0.2, 0) is 9.53 Å². The van der Waals surface area contributed by atoms with E-state index in [0.29, 0.717) is 0 Å². The van der Waals surface area contributed by atoms with Gasteiger partial charge in [0, 0.05) is 11.8 Å². The summed E-state index contributed by atoms with van der Waals surface area (Å²) in [6.45, 7) is 2.92. The number of hydrogen-bond donors (Lipinski definition) is 2. The molecule has 0 atom stereocenters. The minimum absolute atomic E-state index is 0.0409. The zero-order valence-corrected chi connectivity index (χ0v) is 12.4. The van der Waals surface area contributed by atoms with Crippen LogP contribution < -0.4 is 10.6 Å². The molecule has 1 aromatic carbocycles. The molecule has 0 saturated carbocycles. The van der Waals surface area contributed by atoms with Gasteiger partial charge in [-0.1, -0.05) is 11.6 Å². The van der Waals surface area contributed by atoms with E-state index < -0.39 is 22.5 Å². The maximum absolute atomic E-state index is 11.8. The molecule has 2 N–H and O–H groups in total. The van der Waals surface area contributed by atoms with E-state index in [4.69, 9.17) is 11.6 Å². The van der Waals surface area contributed by atoms with E-state index in [1.807, 2.05) is 0 Å². The normalized spacial score (nSPS) is 10.7. The fourth-order valence-electron chi connectivity index (χ4n) is 1.48. The quantitative estimate of drug-likeness (QED) is 0.503. The third kappa shape index (κ3) is 4.32. The van der Waals surface area contributed by atoms with Crippen LogP contribution >= 0.6 is 11.6 Å². The first-order valence-corrected chi connectivity index (χ1v) is 6.16. The van der Waals surface area contributed by atoms with Crippen LogP contribution in [0.2, 0.25) is 5.02 Å². The molecule has 2 amide bonds. The third-order valence-corrected chi connectivity index (χ3v) is 2.84. The SMILES string of the molecule is COC(=O)C(C)(C)NC(=O)Nc1ccc(Cl)c([N+](=O)[O-])c1. The number of nitrogens with one attached hydrogen (secondary N) is 2. The van der Waals surface area contributed by atoms with Crippen molar-refractivity contribution in [3.8, 4) is 0 Å². The fourth-order valence-corrected chi connectivity index (χ4v) is 1.67. The van der Waals surface area contributed by atoms with Crippen LogP contribution in [0.3, 0.4) is 0 Å². The fraction of sp³-hybridized carbons (Fsp3) is 0.333. The number of anilines is 1. The summed E-state index contributed by atoms with van der Waals surface area (Å²) in [5, 5.41) is 15.5. The Morgan fingerprint density at radius 3 is 2.52 bits per heavy atom. The number of rotatable bonds is 4. The molecule has 1 aromatic rings. The highest BCUT2D eigenvalue weighted by atomic mass is 35.5. The second-order valence-corrected chi connectivity index (χ2v) is 5.03. The number of hydrogen-bond acceptors (Lipinski definition) is 5. The second kappa shape index (κ2) is 6.40. The van der Waals surface area contributed by atoms with Gasteiger partial charge in [0.05, 0.1) is 12.0 Å². The molecule has 0 saturated heterocycles. The van der Waals surface area contributed by atoms with Gasteiger partial charge in [0.15, 0.2) is 0 Å². The van der Waals surface area contributed by atoms with Gasteiger partial charge in [-0.2, -0.15) is 0 Å². The van der Waals surface area contributed by atoms with E-state index in [0.717, 1.165) is 6.07 Å². The van der Waals surface area contributed by atoms with Crippen LogP contribution in [0.4, 0.5) is 16.2 Å². The zero-order valence-electron chi connectivity index (χ0n) is 11.6. The van der Waals surface area contributed by atoms with E-state index in [-0.39, 0.29) is 16.4 Å². The lowest BCUT2D eigenvalue weighted by atomic mass is 10.1. The van der Waals surface area contributed by atoms with Crippen molar-refractivity contribution >= 4 is 35.0 Å². The Morgan fingerprint density at radius 1 is 1.38 bits per heavy atom. The van der Waals surface area contributed by atoms with Gasteiger partial charge in [0.1, 0.15) is 10.6 Å². The number of carbonyl (C=O) groups is 2. The lowest BCUT2D eigenvalue weighted by molar-refractivity contribution is -0.384. The lowest BCUT2D eigenvalue weighted by Crippen LogP contribution is -2.51. The van der Waals surface area contributed by atoms with Gasteiger partial charge in [-0.3, -0.25) is 10.1 Å². The van der Waals surface area contributed by atoms with Crippen molar-refractivity contribution in [2.45, 2.75) is 19.4 Å². The molecule has 0 aliphatic heterocycles. The predicted octanol–water partition coefficient (Wildman–Crippen LogP) is 2.32. The molecule has 0 aliphatic rings. The maximum atomic E-state index is 11.8. The van der Waals surface area contributed by atoms with Crippen LogP contribution in [0.25, 0.3) is 0 Å². The Kier molecular flexibility index (Phi) is 5.09. The summed E-state index contributed by atoms with van der Waals surface area (Å²) in [5.74, 6) is -0.625. The Balaban J connectivity index is 2.83.